The Bertz CT molecular complexity index is 848. The third-order valence-electron chi connectivity index (χ3n) is 2.94. The number of carbonyl (C=O) groups excluding carboxylic acids is 1. The number of benzene rings is 1. The van der Waals surface area contributed by atoms with Crippen LogP contribution in [-0.2, 0) is 0 Å². The van der Waals surface area contributed by atoms with Gasteiger partial charge in [0, 0.05) is 5.56 Å². The zero-order chi connectivity index (χ0) is 15.0. The van der Waals surface area contributed by atoms with Crippen molar-refractivity contribution in [3.05, 3.63) is 35.0 Å². The van der Waals surface area contributed by atoms with Crippen LogP contribution in [0.5, 0.6) is 0 Å². The molecule has 2 heterocycles. The summed E-state index contributed by atoms with van der Waals surface area (Å²) >= 11 is 7.51. The number of fused-ring (bicyclic) bond motifs is 1. The second kappa shape index (κ2) is 5.34. The Hall–Kier alpha value is -2.12. The lowest BCUT2D eigenvalue weighted by molar-refractivity contribution is 0.0996. The maximum atomic E-state index is 11.7. The summed E-state index contributed by atoms with van der Waals surface area (Å²) in [6.45, 7) is 0. The van der Waals surface area contributed by atoms with E-state index in [2.05, 4.69) is 20.2 Å². The van der Waals surface area contributed by atoms with Gasteiger partial charge in [0.2, 0.25) is 0 Å². The molecule has 0 bridgehead atoms. The maximum absolute atomic E-state index is 11.7. The van der Waals surface area contributed by atoms with Gasteiger partial charge >= 0.3 is 0 Å². The number of H-pyrrole nitrogens is 1. The fraction of sp³-hybridized carbons (Fsp3) is 0.0769. The fourth-order valence-corrected chi connectivity index (χ4v) is 2.62. The molecule has 0 saturated carbocycles. The largest absolute Gasteiger partial charge is 0.364 e. The van der Waals surface area contributed by atoms with Crippen molar-refractivity contribution in [1.82, 2.24) is 20.2 Å². The Morgan fingerprint density at radius 1 is 1.33 bits per heavy atom. The highest BCUT2D eigenvalue weighted by Gasteiger charge is 2.20. The van der Waals surface area contributed by atoms with Crippen LogP contribution in [0.15, 0.2) is 29.4 Å². The first kappa shape index (κ1) is 13.8. The molecule has 6 nitrogen and oxygen atoms in total. The number of nitrogens with zero attached hydrogens (tertiary/aromatic N) is 3. The molecule has 0 radical (unpaired) electrons. The number of nitrogens with two attached hydrogens (primary N) is 1. The van der Waals surface area contributed by atoms with Crippen LogP contribution in [0.3, 0.4) is 0 Å². The van der Waals surface area contributed by atoms with Crippen LogP contribution in [0.25, 0.3) is 22.3 Å². The number of aromatic amines is 1. The summed E-state index contributed by atoms with van der Waals surface area (Å²) in [7, 11) is 0. The summed E-state index contributed by atoms with van der Waals surface area (Å²) in [5.74, 6) is -0.632. The molecule has 0 aliphatic rings. The van der Waals surface area contributed by atoms with Gasteiger partial charge in [0.05, 0.1) is 10.4 Å². The molecule has 2 aromatic heterocycles. The summed E-state index contributed by atoms with van der Waals surface area (Å²) in [4.78, 5) is 20.2. The van der Waals surface area contributed by atoms with Gasteiger partial charge < -0.3 is 5.73 Å². The quantitative estimate of drug-likeness (QED) is 0.571. The van der Waals surface area contributed by atoms with Gasteiger partial charge in [0.15, 0.2) is 10.8 Å². The summed E-state index contributed by atoms with van der Waals surface area (Å²) in [5.41, 5.74) is 7.22. The van der Waals surface area contributed by atoms with Crippen LogP contribution in [0.4, 0.5) is 0 Å². The lowest BCUT2D eigenvalue weighted by Gasteiger charge is -2.04. The average molecular weight is 320 g/mol. The van der Waals surface area contributed by atoms with E-state index < -0.39 is 5.91 Å². The first-order chi connectivity index (χ1) is 10.1. The lowest BCUT2D eigenvalue weighted by atomic mass is 10.1. The molecule has 0 spiro atoms. The molecule has 1 aromatic carbocycles. The Morgan fingerprint density at radius 3 is 2.76 bits per heavy atom. The first-order valence-electron chi connectivity index (χ1n) is 5.96. The van der Waals surface area contributed by atoms with Gasteiger partial charge in [-0.3, -0.25) is 9.89 Å². The topological polar surface area (TPSA) is 97.5 Å². The number of thioether (sulfide) groups is 1. The number of hydrogen-bond acceptors (Lipinski definition) is 5. The summed E-state index contributed by atoms with van der Waals surface area (Å²) in [5, 5.41) is 8.47. The van der Waals surface area contributed by atoms with Crippen LogP contribution < -0.4 is 5.73 Å². The Balaban J connectivity index is 2.36. The van der Waals surface area contributed by atoms with Gasteiger partial charge in [-0.05, 0) is 12.3 Å². The van der Waals surface area contributed by atoms with Gasteiger partial charge in [-0.2, -0.15) is 5.10 Å². The SMILES string of the molecule is CSc1nc(C(N)=O)c2c(-c3ccccc3Cl)n[nH]c2n1. The monoisotopic (exact) mass is 319 g/mol. The second-order valence-electron chi connectivity index (χ2n) is 4.20. The van der Waals surface area contributed by atoms with Crippen LogP contribution in [-0.4, -0.2) is 32.3 Å². The van der Waals surface area contributed by atoms with Crippen molar-refractivity contribution in [2.45, 2.75) is 5.16 Å². The Kier molecular flexibility index (Phi) is 3.52. The summed E-state index contributed by atoms with van der Waals surface area (Å²) in [6, 6.07) is 7.21. The second-order valence-corrected chi connectivity index (χ2v) is 5.38. The summed E-state index contributed by atoms with van der Waals surface area (Å²) < 4.78 is 0. The Labute approximate surface area is 129 Å². The van der Waals surface area contributed by atoms with Gasteiger partial charge in [-0.15, -0.1) is 0 Å². The minimum absolute atomic E-state index is 0.132. The number of primary amides is 1. The minimum Gasteiger partial charge on any atom is -0.364 e. The van der Waals surface area contributed by atoms with E-state index >= 15 is 0 Å². The molecule has 1 amide bonds. The van der Waals surface area contributed by atoms with Gasteiger partial charge in [-0.25, -0.2) is 9.97 Å². The molecular weight excluding hydrogens is 310 g/mol. The van der Waals surface area contributed by atoms with Crippen molar-refractivity contribution in [3.63, 3.8) is 0 Å². The number of aromatic nitrogens is 4. The zero-order valence-electron chi connectivity index (χ0n) is 10.9. The maximum Gasteiger partial charge on any atom is 0.268 e. The lowest BCUT2D eigenvalue weighted by Crippen LogP contribution is -2.14. The molecule has 0 saturated heterocycles. The Morgan fingerprint density at radius 2 is 2.10 bits per heavy atom. The van der Waals surface area contributed by atoms with E-state index in [1.165, 1.54) is 11.8 Å². The van der Waals surface area contributed by atoms with Crippen LogP contribution in [0, 0.1) is 0 Å². The highest BCUT2D eigenvalue weighted by molar-refractivity contribution is 7.98. The molecule has 0 atom stereocenters. The van der Waals surface area contributed by atoms with E-state index in [1.54, 1.807) is 6.07 Å². The predicted molar refractivity (Wildman–Crippen MR) is 82.4 cm³/mol. The minimum atomic E-state index is -0.632. The molecule has 3 aromatic rings. The van der Waals surface area contributed by atoms with Gasteiger partial charge in [0.25, 0.3) is 5.91 Å². The van der Waals surface area contributed by atoms with Crippen molar-refractivity contribution >= 4 is 40.3 Å². The third kappa shape index (κ3) is 2.34. The number of halogens is 1. The van der Waals surface area contributed by atoms with E-state index in [0.29, 0.717) is 32.5 Å². The number of amides is 1. The van der Waals surface area contributed by atoms with Crippen molar-refractivity contribution < 1.29 is 4.79 Å². The van der Waals surface area contributed by atoms with E-state index in [1.807, 2.05) is 24.5 Å². The average Bonchev–Trinajstić information content (AvgIpc) is 2.90. The van der Waals surface area contributed by atoms with Crippen LogP contribution in [0.1, 0.15) is 10.5 Å². The van der Waals surface area contributed by atoms with Gasteiger partial charge in [-0.1, -0.05) is 41.6 Å². The third-order valence-corrected chi connectivity index (χ3v) is 3.82. The molecule has 3 N–H and O–H groups in total. The molecule has 3 rings (SSSR count). The van der Waals surface area contributed by atoms with E-state index in [9.17, 15) is 4.79 Å². The van der Waals surface area contributed by atoms with Crippen molar-refractivity contribution in [2.75, 3.05) is 6.26 Å². The van der Waals surface area contributed by atoms with E-state index in [0.717, 1.165) is 0 Å². The normalized spacial score (nSPS) is 11.0. The number of nitrogens with one attached hydrogen (secondary N) is 1. The zero-order valence-corrected chi connectivity index (χ0v) is 12.5. The predicted octanol–water partition coefficient (Wildman–Crippen LogP) is 2.49. The van der Waals surface area contributed by atoms with Crippen LogP contribution >= 0.6 is 23.4 Å². The molecule has 21 heavy (non-hydrogen) atoms. The highest BCUT2D eigenvalue weighted by Crippen LogP contribution is 2.32. The highest BCUT2D eigenvalue weighted by atomic mass is 35.5. The molecule has 0 unspecified atom stereocenters. The fourth-order valence-electron chi connectivity index (χ4n) is 2.03. The molecule has 106 valence electrons. The van der Waals surface area contributed by atoms with E-state index in [-0.39, 0.29) is 5.69 Å². The smallest absolute Gasteiger partial charge is 0.268 e. The van der Waals surface area contributed by atoms with Crippen molar-refractivity contribution in [3.8, 4) is 11.3 Å². The number of hydrogen-bond donors (Lipinski definition) is 2. The van der Waals surface area contributed by atoms with E-state index in [4.69, 9.17) is 17.3 Å². The summed E-state index contributed by atoms with van der Waals surface area (Å²) in [6.07, 6.45) is 1.82. The number of carbonyl (C=O) groups is 1. The molecule has 0 aliphatic carbocycles. The van der Waals surface area contributed by atoms with Crippen LogP contribution in [0.2, 0.25) is 5.02 Å². The number of rotatable bonds is 3. The molecule has 0 fully saturated rings. The first-order valence-corrected chi connectivity index (χ1v) is 7.57. The molecule has 8 heteroatoms. The van der Waals surface area contributed by atoms with Gasteiger partial charge in [0.1, 0.15) is 11.4 Å². The molecular formula is C13H10ClN5OS. The standard InChI is InChI=1S/C13H10ClN5OS/c1-21-13-16-10(11(15)20)8-9(18-19-12(8)17-13)6-4-2-3-5-7(6)14/h2-5H,1H3,(H2,15,20)(H,16,17,18,19). The van der Waals surface area contributed by atoms with Crippen molar-refractivity contribution in [1.29, 1.82) is 0 Å². The van der Waals surface area contributed by atoms with Crippen molar-refractivity contribution in [2.24, 2.45) is 5.73 Å². The molecule has 0 aliphatic heterocycles.